The second-order valence-electron chi connectivity index (χ2n) is 20.2. The van der Waals surface area contributed by atoms with Gasteiger partial charge in [0.25, 0.3) is 11.8 Å². The van der Waals surface area contributed by atoms with Gasteiger partial charge in [-0.25, -0.2) is 29.0 Å². The Bertz CT molecular complexity index is 2310. The number of aromatic nitrogens is 6. The minimum atomic E-state index is -0.558. The first-order valence-electron chi connectivity index (χ1n) is 22.7. The van der Waals surface area contributed by atoms with Crippen LogP contribution in [0.5, 0.6) is 0 Å². The Labute approximate surface area is 367 Å². The lowest BCUT2D eigenvalue weighted by molar-refractivity contribution is 0.00578. The van der Waals surface area contributed by atoms with Gasteiger partial charge in [-0.3, -0.25) is 19.6 Å². The van der Waals surface area contributed by atoms with Crippen molar-refractivity contribution in [1.29, 1.82) is 0 Å². The quantitative estimate of drug-likeness (QED) is 0.250. The molecule has 4 aromatic rings. The van der Waals surface area contributed by atoms with Crippen LogP contribution in [0.2, 0.25) is 0 Å². The fraction of sp³-hybridized carbons (Fsp3) is 0.682. The summed E-state index contributed by atoms with van der Waals surface area (Å²) < 4.78 is 28.4. The topological polar surface area (TPSA) is 144 Å². The molecular formula is C44H66B2N10O6. The van der Waals surface area contributed by atoms with E-state index in [4.69, 9.17) is 33.8 Å². The Balaban J connectivity index is 0.000000171. The molecule has 9 rings (SSSR count). The molecule has 334 valence electrons. The van der Waals surface area contributed by atoms with E-state index < -0.39 is 36.6 Å². The molecule has 4 aromatic heterocycles. The molecule has 0 N–H and O–H groups in total. The third kappa shape index (κ3) is 8.31. The minimum Gasteiger partial charge on any atom is -0.398 e. The highest BCUT2D eigenvalue weighted by Crippen LogP contribution is 2.47. The maximum absolute atomic E-state index is 13.5. The van der Waals surface area contributed by atoms with Crippen LogP contribution in [0.15, 0.2) is 24.3 Å². The molecule has 1 saturated carbocycles. The molecule has 0 atom stereocenters. The molecule has 5 aliphatic rings. The van der Waals surface area contributed by atoms with Gasteiger partial charge in [0.05, 0.1) is 39.3 Å². The Hall–Kier alpha value is -3.93. The average molecular weight is 853 g/mol. The zero-order valence-corrected chi connectivity index (χ0v) is 39.1. The van der Waals surface area contributed by atoms with Crippen LogP contribution in [-0.2, 0) is 30.5 Å². The zero-order chi connectivity index (χ0) is 44.6. The Morgan fingerprint density at radius 2 is 0.984 bits per heavy atom. The smallest absolute Gasteiger partial charge is 0.398 e. The molecule has 4 aliphatic heterocycles. The molecule has 0 bridgehead atoms. The first kappa shape index (κ1) is 44.7. The molecule has 62 heavy (non-hydrogen) atoms. The Morgan fingerprint density at radius 3 is 1.42 bits per heavy atom. The number of aryl methyl sites for hydroxylation is 1. The predicted molar refractivity (Wildman–Crippen MR) is 238 cm³/mol. The van der Waals surface area contributed by atoms with E-state index in [9.17, 15) is 9.59 Å². The summed E-state index contributed by atoms with van der Waals surface area (Å²) in [6.07, 6.45) is 9.41. The van der Waals surface area contributed by atoms with Gasteiger partial charge in [-0.1, -0.05) is 26.7 Å². The van der Waals surface area contributed by atoms with E-state index in [-0.39, 0.29) is 17.2 Å². The number of carbonyl (C=O) groups is 2. The van der Waals surface area contributed by atoms with Crippen molar-refractivity contribution in [3.8, 4) is 0 Å². The van der Waals surface area contributed by atoms with Crippen LogP contribution >= 0.6 is 0 Å². The van der Waals surface area contributed by atoms with Crippen LogP contribution in [0.4, 0.5) is 0 Å². The standard InChI is InChI=1S/C23H34BN5O3.C21H32BN5O3/c1-21(2)22(3,4)32-24(31-21)18-15-19-25-16(14-17(29(19)26-18)23(5)10-11-23)20(30)28-13-9-7-8-12-27(28)6;1-7-15-13-16(19(28)26-12-10-8-9-11-25(26)6)23-18-14-17(24-27(15)18)22-29-20(2,3)21(4,5)30-22/h14-15H,7-13H2,1-6H3;13-14H,7-12H2,1-6H3. The van der Waals surface area contributed by atoms with E-state index in [2.05, 4.69) is 18.8 Å². The number of hydrogen-bond donors (Lipinski definition) is 0. The van der Waals surface area contributed by atoms with Gasteiger partial charge in [-0.05, 0) is 112 Å². The van der Waals surface area contributed by atoms with E-state index >= 15 is 0 Å². The second-order valence-corrected chi connectivity index (χ2v) is 20.2. The van der Waals surface area contributed by atoms with Crippen LogP contribution in [0.1, 0.15) is 153 Å². The molecule has 16 nitrogen and oxygen atoms in total. The molecular weight excluding hydrogens is 786 g/mol. The Kier molecular flexibility index (Phi) is 11.7. The average Bonchev–Trinajstić information content (AvgIpc) is 3.54. The van der Waals surface area contributed by atoms with Crippen molar-refractivity contribution < 1.29 is 28.2 Å². The van der Waals surface area contributed by atoms with Crippen molar-refractivity contribution >= 4 is 48.5 Å². The molecule has 5 fully saturated rings. The molecule has 0 spiro atoms. The number of carbonyl (C=O) groups excluding carboxylic acids is 2. The summed E-state index contributed by atoms with van der Waals surface area (Å²) in [6, 6.07) is 7.57. The van der Waals surface area contributed by atoms with Crippen LogP contribution in [0, 0.1) is 0 Å². The number of nitrogens with zero attached hydrogens (tertiary/aromatic N) is 10. The third-order valence-electron chi connectivity index (χ3n) is 14.4. The fourth-order valence-electron chi connectivity index (χ4n) is 8.47. The van der Waals surface area contributed by atoms with Gasteiger partial charge in [-0.2, -0.15) is 10.2 Å². The van der Waals surface area contributed by atoms with Crippen molar-refractivity contribution in [3.63, 3.8) is 0 Å². The van der Waals surface area contributed by atoms with Gasteiger partial charge in [0.15, 0.2) is 11.3 Å². The first-order valence-corrected chi connectivity index (χ1v) is 22.7. The largest absolute Gasteiger partial charge is 0.516 e. The van der Waals surface area contributed by atoms with Gasteiger partial charge in [-0.15, -0.1) is 0 Å². The van der Waals surface area contributed by atoms with Gasteiger partial charge < -0.3 is 18.6 Å². The fourth-order valence-corrected chi connectivity index (χ4v) is 8.47. The van der Waals surface area contributed by atoms with Crippen LogP contribution in [-0.4, -0.2) is 138 Å². The number of amides is 2. The Morgan fingerprint density at radius 1 is 0.581 bits per heavy atom. The van der Waals surface area contributed by atoms with Crippen LogP contribution in [0.3, 0.4) is 0 Å². The zero-order valence-electron chi connectivity index (χ0n) is 39.1. The van der Waals surface area contributed by atoms with Crippen molar-refractivity contribution in [2.24, 2.45) is 0 Å². The molecule has 8 heterocycles. The van der Waals surface area contributed by atoms with Crippen LogP contribution < -0.4 is 11.2 Å². The maximum Gasteiger partial charge on any atom is 0.516 e. The van der Waals surface area contributed by atoms with E-state index in [0.29, 0.717) is 33.9 Å². The van der Waals surface area contributed by atoms with E-state index in [1.54, 1.807) is 4.52 Å². The number of hydrazine groups is 2. The molecule has 0 aromatic carbocycles. The van der Waals surface area contributed by atoms with E-state index in [1.165, 1.54) is 0 Å². The summed E-state index contributed by atoms with van der Waals surface area (Å²) in [4.78, 5) is 36.1. The summed E-state index contributed by atoms with van der Waals surface area (Å²) >= 11 is 0. The highest BCUT2D eigenvalue weighted by molar-refractivity contribution is 6.61. The molecule has 18 heteroatoms. The summed E-state index contributed by atoms with van der Waals surface area (Å²) in [7, 11) is 2.84. The normalized spacial score (nSPS) is 23.4. The van der Waals surface area contributed by atoms with Crippen LogP contribution in [0.25, 0.3) is 11.3 Å². The lowest BCUT2D eigenvalue weighted by atomic mass is 9.85. The summed E-state index contributed by atoms with van der Waals surface area (Å²) in [5.41, 5.74) is 3.83. The number of rotatable bonds is 6. The highest BCUT2D eigenvalue weighted by Gasteiger charge is 2.54. The number of hydrogen-bond acceptors (Lipinski definition) is 12. The van der Waals surface area contributed by atoms with E-state index in [1.807, 2.05) is 118 Å². The predicted octanol–water partition coefficient (Wildman–Crippen LogP) is 4.62. The molecule has 1 aliphatic carbocycles. The van der Waals surface area contributed by atoms with Gasteiger partial charge in [0.2, 0.25) is 0 Å². The van der Waals surface area contributed by atoms with Gasteiger partial charge in [0.1, 0.15) is 11.4 Å². The van der Waals surface area contributed by atoms with Crippen molar-refractivity contribution in [3.05, 3.63) is 47.0 Å². The summed E-state index contributed by atoms with van der Waals surface area (Å²) in [5, 5.41) is 17.3. The summed E-state index contributed by atoms with van der Waals surface area (Å²) in [5.74, 6) is -0.101. The first-order chi connectivity index (χ1) is 29.1. The minimum absolute atomic E-state index is 0.0140. The maximum atomic E-state index is 13.5. The second kappa shape index (κ2) is 16.3. The molecule has 2 amide bonds. The monoisotopic (exact) mass is 853 g/mol. The van der Waals surface area contributed by atoms with Gasteiger partial charge in [0, 0.05) is 63.5 Å². The molecule has 0 unspecified atom stereocenters. The highest BCUT2D eigenvalue weighted by atomic mass is 16.7. The van der Waals surface area contributed by atoms with Gasteiger partial charge >= 0.3 is 14.2 Å². The lowest BCUT2D eigenvalue weighted by Gasteiger charge is -2.32. The van der Waals surface area contributed by atoms with Crippen molar-refractivity contribution in [2.45, 2.75) is 155 Å². The molecule has 0 radical (unpaired) electrons. The lowest BCUT2D eigenvalue weighted by Crippen LogP contribution is -2.44. The van der Waals surface area contributed by atoms with Crippen molar-refractivity contribution in [2.75, 3.05) is 40.3 Å². The van der Waals surface area contributed by atoms with Crippen molar-refractivity contribution in [1.82, 2.24) is 49.2 Å². The third-order valence-corrected chi connectivity index (χ3v) is 14.4. The van der Waals surface area contributed by atoms with E-state index in [0.717, 1.165) is 95.4 Å². The number of fused-ring (bicyclic) bond motifs is 2. The molecule has 4 saturated heterocycles. The SMILES string of the molecule is CCc1cc(C(=O)N2CCCCCN2C)nc2cc(B3OC(C)(C)C(C)(C)O3)nn12.CN1CCCCCN1C(=O)c1cc(C2(C)CC2)n2nc(B3OC(C)(C)C(C)(C)O3)cc2n1. The summed E-state index contributed by atoms with van der Waals surface area (Å²) in [6.45, 7) is 23.7.